The van der Waals surface area contributed by atoms with E-state index in [0.29, 0.717) is 5.92 Å². The van der Waals surface area contributed by atoms with Gasteiger partial charge in [-0.1, -0.05) is 98.0 Å². The lowest BCUT2D eigenvalue weighted by Crippen LogP contribution is -2.56. The molecular weight excluding hydrogens is 366 g/mol. The first kappa shape index (κ1) is 19.9. The third-order valence-electron chi connectivity index (χ3n) is 5.66. The van der Waals surface area contributed by atoms with E-state index in [1.807, 2.05) is 0 Å². The molecule has 1 aliphatic rings. The zero-order chi connectivity index (χ0) is 20.6. The average Bonchev–Trinajstić information content (AvgIpc) is 3.04. The fourth-order valence-electron chi connectivity index (χ4n) is 5.01. The van der Waals surface area contributed by atoms with Gasteiger partial charge in [-0.05, 0) is 53.8 Å². The normalized spacial score (nSPS) is 16.8. The molecule has 1 atom stereocenters. The molecule has 148 valence electrons. The van der Waals surface area contributed by atoms with Gasteiger partial charge in [-0.2, -0.15) is 0 Å². The number of hydrogen-bond donors (Lipinski definition) is 1. The van der Waals surface area contributed by atoms with Crippen LogP contribution in [-0.4, -0.2) is 13.8 Å². The van der Waals surface area contributed by atoms with Gasteiger partial charge in [0.1, 0.15) is 8.24 Å². The van der Waals surface area contributed by atoms with Crippen LogP contribution in [0.2, 0.25) is 13.1 Å². The number of fused-ring (bicyclic) bond motifs is 1. The first-order valence-corrected chi connectivity index (χ1v) is 13.5. The molecule has 0 saturated carbocycles. The number of rotatable bonds is 4. The molecule has 29 heavy (non-hydrogen) atoms. The van der Waals surface area contributed by atoms with Crippen LogP contribution in [0.5, 0.6) is 0 Å². The number of benzene rings is 3. The second kappa shape index (κ2) is 7.44. The van der Waals surface area contributed by atoms with Crippen molar-refractivity contribution in [1.82, 2.24) is 4.98 Å². The smallest absolute Gasteiger partial charge is 0.149 e. The summed E-state index contributed by atoms with van der Waals surface area (Å²) in [5.41, 5.74) is 7.04. The predicted molar refractivity (Wildman–Crippen MR) is 128 cm³/mol. The molecule has 0 aliphatic heterocycles. The monoisotopic (exact) mass is 397 g/mol. The first-order chi connectivity index (χ1) is 13.8. The minimum Gasteiger partial charge on any atom is -0.329 e. The molecular formula is C27H31NSi. The summed E-state index contributed by atoms with van der Waals surface area (Å²) in [5.74, 6) is 0.305. The molecule has 0 heterocycles. The van der Waals surface area contributed by atoms with E-state index in [2.05, 4.69) is 124 Å². The minimum atomic E-state index is -1.97. The summed E-state index contributed by atoms with van der Waals surface area (Å²) >= 11 is 0. The topological polar surface area (TPSA) is 12.0 Å². The van der Waals surface area contributed by atoms with Gasteiger partial charge in [-0.15, -0.1) is 0 Å². The van der Waals surface area contributed by atoms with E-state index >= 15 is 0 Å². The van der Waals surface area contributed by atoms with Crippen LogP contribution in [0.1, 0.15) is 48.9 Å². The maximum Gasteiger partial charge on any atom is 0.149 e. The van der Waals surface area contributed by atoms with Crippen LogP contribution in [0.15, 0.2) is 90.1 Å². The predicted octanol–water partition coefficient (Wildman–Crippen LogP) is 6.77. The van der Waals surface area contributed by atoms with Crippen molar-refractivity contribution < 1.29 is 0 Å². The van der Waals surface area contributed by atoms with E-state index in [9.17, 15) is 0 Å². The summed E-state index contributed by atoms with van der Waals surface area (Å²) in [7, 11) is -1.97. The standard InChI is InChI=1S/C27H31NSi/c1-27(2,3)28-29(4,5)26-24(20-14-8-6-9-15-20)22-18-12-13-19-23(22)25(26)21-16-10-7-11-17-21/h6-19,24,28H,1-5H3. The van der Waals surface area contributed by atoms with Crippen LogP contribution in [0.25, 0.3) is 5.57 Å². The third kappa shape index (κ3) is 3.87. The van der Waals surface area contributed by atoms with Crippen molar-refractivity contribution in [2.75, 3.05) is 0 Å². The van der Waals surface area contributed by atoms with Crippen LogP contribution in [0.3, 0.4) is 0 Å². The van der Waals surface area contributed by atoms with Crippen molar-refractivity contribution >= 4 is 13.8 Å². The largest absolute Gasteiger partial charge is 0.329 e. The molecule has 3 aromatic carbocycles. The van der Waals surface area contributed by atoms with Crippen LogP contribution in [0.4, 0.5) is 0 Å². The SMILES string of the molecule is CC(C)(C)N[Si](C)(C)C1=C(c2ccccc2)c2ccccc2C1c1ccccc1. The Kier molecular flexibility index (Phi) is 5.10. The Balaban J connectivity index is 2.03. The van der Waals surface area contributed by atoms with Gasteiger partial charge >= 0.3 is 0 Å². The van der Waals surface area contributed by atoms with Gasteiger partial charge in [0.2, 0.25) is 0 Å². The van der Waals surface area contributed by atoms with E-state index < -0.39 is 8.24 Å². The van der Waals surface area contributed by atoms with Crippen molar-refractivity contribution in [3.8, 4) is 0 Å². The van der Waals surface area contributed by atoms with E-state index in [4.69, 9.17) is 0 Å². The molecule has 0 aromatic heterocycles. The molecule has 3 aromatic rings. The number of allylic oxidation sites excluding steroid dienone is 1. The molecule has 4 rings (SSSR count). The van der Waals surface area contributed by atoms with Crippen molar-refractivity contribution in [1.29, 1.82) is 0 Å². The molecule has 0 saturated heterocycles. The Morgan fingerprint density at radius 2 is 1.28 bits per heavy atom. The zero-order valence-corrected chi connectivity index (χ0v) is 19.2. The van der Waals surface area contributed by atoms with Crippen molar-refractivity contribution in [2.24, 2.45) is 0 Å². The van der Waals surface area contributed by atoms with Gasteiger partial charge in [0, 0.05) is 11.5 Å². The lowest BCUT2D eigenvalue weighted by molar-refractivity contribution is 0.513. The minimum absolute atomic E-state index is 0.0700. The van der Waals surface area contributed by atoms with Gasteiger partial charge in [0.15, 0.2) is 0 Å². The lowest BCUT2D eigenvalue weighted by atomic mass is 9.93. The number of hydrogen-bond acceptors (Lipinski definition) is 1. The lowest BCUT2D eigenvalue weighted by Gasteiger charge is -2.38. The summed E-state index contributed by atoms with van der Waals surface area (Å²) in [6.45, 7) is 11.8. The fraction of sp³-hybridized carbons (Fsp3) is 0.259. The molecule has 1 N–H and O–H groups in total. The fourth-order valence-corrected chi connectivity index (χ4v) is 8.96. The molecule has 1 aliphatic carbocycles. The Bertz CT molecular complexity index is 1030. The average molecular weight is 398 g/mol. The molecule has 1 nitrogen and oxygen atoms in total. The highest BCUT2D eigenvalue weighted by molar-refractivity contribution is 6.83. The van der Waals surface area contributed by atoms with Crippen LogP contribution >= 0.6 is 0 Å². The Hall–Kier alpha value is -2.42. The first-order valence-electron chi connectivity index (χ1n) is 10.5. The highest BCUT2D eigenvalue weighted by Gasteiger charge is 2.43. The molecule has 0 fully saturated rings. The molecule has 0 radical (unpaired) electrons. The van der Waals surface area contributed by atoms with Gasteiger partial charge in [0.05, 0.1) is 0 Å². The summed E-state index contributed by atoms with van der Waals surface area (Å²) in [6, 6.07) is 31.0. The van der Waals surface area contributed by atoms with Gasteiger partial charge in [-0.25, -0.2) is 0 Å². The van der Waals surface area contributed by atoms with Crippen LogP contribution < -0.4 is 4.98 Å². The van der Waals surface area contributed by atoms with Crippen molar-refractivity contribution in [2.45, 2.75) is 45.3 Å². The highest BCUT2D eigenvalue weighted by Crippen LogP contribution is 2.50. The van der Waals surface area contributed by atoms with E-state index in [-0.39, 0.29) is 5.54 Å². The molecule has 0 amide bonds. The van der Waals surface area contributed by atoms with E-state index in [1.165, 1.54) is 27.8 Å². The summed E-state index contributed by atoms with van der Waals surface area (Å²) in [6.07, 6.45) is 0. The Labute approximate surface area is 176 Å². The van der Waals surface area contributed by atoms with E-state index in [1.54, 1.807) is 5.20 Å². The van der Waals surface area contributed by atoms with Gasteiger partial charge in [0.25, 0.3) is 0 Å². The van der Waals surface area contributed by atoms with E-state index in [0.717, 1.165) is 0 Å². The summed E-state index contributed by atoms with van der Waals surface area (Å²) < 4.78 is 0. The third-order valence-corrected chi connectivity index (χ3v) is 8.92. The molecule has 0 spiro atoms. The highest BCUT2D eigenvalue weighted by atomic mass is 28.3. The second-order valence-corrected chi connectivity index (χ2v) is 13.6. The van der Waals surface area contributed by atoms with Crippen LogP contribution in [-0.2, 0) is 0 Å². The maximum atomic E-state index is 4.05. The Morgan fingerprint density at radius 1 is 0.724 bits per heavy atom. The quantitative estimate of drug-likeness (QED) is 0.479. The van der Waals surface area contributed by atoms with Gasteiger partial charge < -0.3 is 4.98 Å². The van der Waals surface area contributed by atoms with Crippen molar-refractivity contribution in [3.63, 3.8) is 0 Å². The number of nitrogens with one attached hydrogen (secondary N) is 1. The molecule has 1 unspecified atom stereocenters. The summed E-state index contributed by atoms with van der Waals surface area (Å²) in [5, 5.41) is 1.59. The van der Waals surface area contributed by atoms with Gasteiger partial charge in [-0.3, -0.25) is 0 Å². The van der Waals surface area contributed by atoms with Crippen molar-refractivity contribution in [3.05, 3.63) is 112 Å². The maximum absolute atomic E-state index is 4.05. The summed E-state index contributed by atoms with van der Waals surface area (Å²) in [4.78, 5) is 4.05. The molecule has 0 bridgehead atoms. The zero-order valence-electron chi connectivity index (χ0n) is 18.2. The Morgan fingerprint density at radius 3 is 1.90 bits per heavy atom. The van der Waals surface area contributed by atoms with Crippen LogP contribution in [0, 0.1) is 0 Å². The second-order valence-electron chi connectivity index (χ2n) is 9.59. The molecule has 2 heteroatoms.